The number of aryl methyl sites for hydroxylation is 2. The zero-order valence-electron chi connectivity index (χ0n) is 27.0. The summed E-state index contributed by atoms with van der Waals surface area (Å²) in [7, 11) is 2.17. The lowest BCUT2D eigenvalue weighted by Gasteiger charge is -2.16. The number of allylic oxidation sites excluding steroid dienone is 7. The summed E-state index contributed by atoms with van der Waals surface area (Å²) in [4.78, 5) is 20.2. The highest BCUT2D eigenvalue weighted by Crippen LogP contribution is 2.26. The second kappa shape index (κ2) is 17.0. The summed E-state index contributed by atoms with van der Waals surface area (Å²) >= 11 is 0. The molecule has 1 aliphatic heterocycles. The summed E-state index contributed by atoms with van der Waals surface area (Å²) in [5, 5.41) is 0. The SMILES string of the molecule is C=C1CC(/C=C\C=C/C)=NC=C1C#Cc1cc(C(=O)CC(=C)c2ccc(CCCCN(C)CCC)c(C(=C)N)c2)ccc1C. The molecule has 0 amide bonds. The van der Waals surface area contributed by atoms with Crippen molar-refractivity contribution < 1.29 is 4.79 Å². The molecule has 0 unspecified atom stereocenters. The van der Waals surface area contributed by atoms with Gasteiger partial charge in [0.1, 0.15) is 0 Å². The average Bonchev–Trinajstić information content (AvgIpc) is 2.99. The molecule has 0 spiro atoms. The van der Waals surface area contributed by atoms with Gasteiger partial charge in [-0.1, -0.05) is 81.0 Å². The Hall–Kier alpha value is -4.46. The van der Waals surface area contributed by atoms with E-state index < -0.39 is 0 Å². The van der Waals surface area contributed by atoms with Gasteiger partial charge in [-0.05, 0) is 106 Å². The highest BCUT2D eigenvalue weighted by molar-refractivity contribution is 6.02. The Morgan fingerprint density at radius 3 is 2.55 bits per heavy atom. The van der Waals surface area contributed by atoms with Crippen molar-refractivity contribution in [2.45, 2.75) is 59.3 Å². The first-order valence-corrected chi connectivity index (χ1v) is 15.5. The van der Waals surface area contributed by atoms with E-state index in [4.69, 9.17) is 5.73 Å². The molecular weight excluding hydrogens is 538 g/mol. The molecule has 44 heavy (non-hydrogen) atoms. The zero-order chi connectivity index (χ0) is 32.1. The number of carbonyl (C=O) groups is 1. The van der Waals surface area contributed by atoms with Gasteiger partial charge < -0.3 is 10.6 Å². The first-order valence-electron chi connectivity index (χ1n) is 15.5. The number of nitrogens with zero attached hydrogens (tertiary/aromatic N) is 2. The number of aliphatic imine (C=N–C) groups is 1. The number of carbonyl (C=O) groups excluding carboxylic acids is 1. The summed E-state index contributed by atoms with van der Waals surface area (Å²) in [6, 6.07) is 11.8. The highest BCUT2D eigenvalue weighted by Gasteiger charge is 2.14. The lowest BCUT2D eigenvalue weighted by Crippen LogP contribution is -2.20. The van der Waals surface area contributed by atoms with E-state index in [9.17, 15) is 4.79 Å². The maximum Gasteiger partial charge on any atom is 0.167 e. The van der Waals surface area contributed by atoms with Crippen molar-refractivity contribution in [3.8, 4) is 11.8 Å². The smallest absolute Gasteiger partial charge is 0.167 e. The van der Waals surface area contributed by atoms with Gasteiger partial charge in [0.15, 0.2) is 5.78 Å². The molecule has 3 rings (SSSR count). The molecule has 0 bridgehead atoms. The van der Waals surface area contributed by atoms with Crippen LogP contribution in [-0.2, 0) is 6.42 Å². The van der Waals surface area contributed by atoms with Crippen LogP contribution < -0.4 is 5.73 Å². The van der Waals surface area contributed by atoms with Crippen LogP contribution in [0.5, 0.6) is 0 Å². The quantitative estimate of drug-likeness (QED) is 0.104. The van der Waals surface area contributed by atoms with Crippen molar-refractivity contribution in [2.24, 2.45) is 10.7 Å². The van der Waals surface area contributed by atoms with Crippen molar-refractivity contribution >= 4 is 22.8 Å². The summed E-state index contributed by atoms with van der Waals surface area (Å²) in [5.41, 5.74) is 15.6. The second-order valence-electron chi connectivity index (χ2n) is 11.5. The molecule has 0 aliphatic carbocycles. The third-order valence-electron chi connectivity index (χ3n) is 7.70. The molecule has 0 fully saturated rings. The molecule has 0 saturated heterocycles. The number of rotatable bonds is 14. The van der Waals surface area contributed by atoms with Gasteiger partial charge in [0.25, 0.3) is 0 Å². The van der Waals surface area contributed by atoms with E-state index in [0.29, 0.717) is 17.7 Å². The average molecular weight is 586 g/mol. The van der Waals surface area contributed by atoms with Crippen LogP contribution in [-0.4, -0.2) is 36.5 Å². The zero-order valence-corrected chi connectivity index (χ0v) is 27.0. The van der Waals surface area contributed by atoms with Crippen molar-refractivity contribution in [1.82, 2.24) is 4.90 Å². The Bertz CT molecular complexity index is 1590. The van der Waals surface area contributed by atoms with Gasteiger partial charge >= 0.3 is 0 Å². The minimum Gasteiger partial charge on any atom is -0.399 e. The van der Waals surface area contributed by atoms with E-state index in [1.165, 1.54) is 12.0 Å². The number of hydrogen-bond donors (Lipinski definition) is 1. The lowest BCUT2D eigenvalue weighted by molar-refractivity contribution is 0.0998. The van der Waals surface area contributed by atoms with E-state index in [2.05, 4.69) is 61.5 Å². The molecule has 4 nitrogen and oxygen atoms in total. The third kappa shape index (κ3) is 10.1. The molecule has 2 aromatic rings. The topological polar surface area (TPSA) is 58.7 Å². The van der Waals surface area contributed by atoms with Crippen LogP contribution in [0.2, 0.25) is 0 Å². The minimum atomic E-state index is -0.00472. The number of benzene rings is 2. The number of hydrogen-bond acceptors (Lipinski definition) is 4. The molecule has 1 heterocycles. The normalized spacial score (nSPS) is 13.2. The van der Waals surface area contributed by atoms with Gasteiger partial charge in [-0.2, -0.15) is 0 Å². The molecule has 1 aliphatic rings. The van der Waals surface area contributed by atoms with Crippen LogP contribution in [0.1, 0.15) is 84.1 Å². The Morgan fingerprint density at radius 1 is 1.07 bits per heavy atom. The van der Waals surface area contributed by atoms with Crippen LogP contribution in [0.15, 0.2) is 103 Å². The van der Waals surface area contributed by atoms with E-state index in [1.54, 1.807) is 6.20 Å². The first-order chi connectivity index (χ1) is 21.1. The minimum absolute atomic E-state index is 0.00472. The number of Topliss-reactive ketones (excluding diaryl/α,β-unsaturated/α-hetero) is 1. The van der Waals surface area contributed by atoms with Crippen LogP contribution in [0.4, 0.5) is 0 Å². The number of nitrogens with two attached hydrogens (primary N) is 1. The lowest BCUT2D eigenvalue weighted by atomic mass is 9.92. The predicted molar refractivity (Wildman–Crippen MR) is 190 cm³/mol. The maximum absolute atomic E-state index is 13.3. The van der Waals surface area contributed by atoms with E-state index in [0.717, 1.165) is 77.0 Å². The van der Waals surface area contributed by atoms with Gasteiger partial charge in [-0.15, -0.1) is 0 Å². The predicted octanol–water partition coefficient (Wildman–Crippen LogP) is 8.64. The highest BCUT2D eigenvalue weighted by atomic mass is 16.1. The summed E-state index contributed by atoms with van der Waals surface area (Å²) in [5.74, 6) is 6.45. The summed E-state index contributed by atoms with van der Waals surface area (Å²) in [6.45, 7) is 20.8. The molecule has 4 heteroatoms. The maximum atomic E-state index is 13.3. The molecule has 228 valence electrons. The molecule has 2 N–H and O–H groups in total. The molecule has 2 aromatic carbocycles. The molecular formula is C40H47N3O. The van der Waals surface area contributed by atoms with Gasteiger partial charge in [0, 0.05) is 52.7 Å². The van der Waals surface area contributed by atoms with Crippen molar-refractivity contribution in [2.75, 3.05) is 20.1 Å². The standard InChI is InChI=1S/C40H47N3O/c1-8-10-11-15-38-24-30(4)37(28-42-38)21-20-34-26-36(17-16-29(34)3)40(44)25-31(5)35-19-18-33(39(27-35)32(6)41)14-12-13-23-43(7)22-9-2/h8,10-11,15-19,26-28H,4-6,9,12-14,22-25,41H2,1-3,7H3/b10-8-,15-11-. The fourth-order valence-corrected chi connectivity index (χ4v) is 5.07. The molecule has 0 radical (unpaired) electrons. The Labute approximate surface area is 265 Å². The largest absolute Gasteiger partial charge is 0.399 e. The molecule has 0 aromatic heterocycles. The summed E-state index contributed by atoms with van der Waals surface area (Å²) in [6.07, 6.45) is 14.9. The monoisotopic (exact) mass is 585 g/mol. The number of ketones is 1. The number of unbranched alkanes of at least 4 members (excludes halogenated alkanes) is 1. The molecule has 0 saturated carbocycles. The van der Waals surface area contributed by atoms with Gasteiger partial charge in [0.05, 0.1) is 0 Å². The van der Waals surface area contributed by atoms with Gasteiger partial charge in [-0.25, -0.2) is 0 Å². The Morgan fingerprint density at radius 2 is 1.84 bits per heavy atom. The van der Waals surface area contributed by atoms with Crippen LogP contribution >= 0.6 is 0 Å². The first kappa shape index (κ1) is 34.0. The van der Waals surface area contributed by atoms with Crippen molar-refractivity contribution in [3.05, 3.63) is 131 Å². The van der Waals surface area contributed by atoms with E-state index in [1.807, 2.05) is 68.5 Å². The second-order valence-corrected chi connectivity index (χ2v) is 11.5. The van der Waals surface area contributed by atoms with Crippen LogP contribution in [0, 0.1) is 18.8 Å². The van der Waals surface area contributed by atoms with Crippen molar-refractivity contribution in [1.29, 1.82) is 0 Å². The van der Waals surface area contributed by atoms with E-state index in [-0.39, 0.29) is 12.2 Å². The van der Waals surface area contributed by atoms with Crippen molar-refractivity contribution in [3.63, 3.8) is 0 Å². The van der Waals surface area contributed by atoms with Gasteiger partial charge in [-0.3, -0.25) is 9.79 Å². The molecule has 0 atom stereocenters. The Kier molecular flexibility index (Phi) is 13.1. The Balaban J connectivity index is 1.70. The summed E-state index contributed by atoms with van der Waals surface area (Å²) < 4.78 is 0. The van der Waals surface area contributed by atoms with E-state index >= 15 is 0 Å². The van der Waals surface area contributed by atoms with Crippen LogP contribution in [0.3, 0.4) is 0 Å². The third-order valence-corrected chi connectivity index (χ3v) is 7.70. The van der Waals surface area contributed by atoms with Crippen LogP contribution in [0.25, 0.3) is 11.3 Å². The fourth-order valence-electron chi connectivity index (χ4n) is 5.07. The van der Waals surface area contributed by atoms with Gasteiger partial charge in [0.2, 0.25) is 0 Å². The fraction of sp³-hybridized carbons (Fsp3) is 0.300.